The van der Waals surface area contributed by atoms with Gasteiger partial charge >= 0.3 is 0 Å². The van der Waals surface area contributed by atoms with E-state index in [2.05, 4.69) is 19.0 Å². The molecule has 0 saturated heterocycles. The number of nitrogens with zero attached hydrogens (tertiary/aromatic N) is 1. The average molecular weight is 288 g/mol. The highest BCUT2D eigenvalue weighted by Crippen LogP contribution is 2.38. The maximum Gasteiger partial charge on any atom is 0.175 e. The molecule has 0 saturated carbocycles. The molecular weight excluding hydrogens is 264 g/mol. The van der Waals surface area contributed by atoms with E-state index in [1.165, 1.54) is 0 Å². The summed E-state index contributed by atoms with van der Waals surface area (Å²) < 4.78 is 10.9. The lowest BCUT2D eigenvalue weighted by Gasteiger charge is -2.14. The van der Waals surface area contributed by atoms with Gasteiger partial charge in [0.05, 0.1) is 12.7 Å². The lowest BCUT2D eigenvalue weighted by atomic mass is 9.91. The predicted molar refractivity (Wildman–Crippen MR) is 85.5 cm³/mol. The van der Waals surface area contributed by atoms with Gasteiger partial charge < -0.3 is 15.0 Å². The second-order valence-electron chi connectivity index (χ2n) is 5.31. The Morgan fingerprint density at radius 1 is 1.24 bits per heavy atom. The minimum atomic E-state index is 0.367. The summed E-state index contributed by atoms with van der Waals surface area (Å²) in [6.45, 7) is 4.38. The second-order valence-corrected chi connectivity index (χ2v) is 5.31. The molecule has 2 N–H and O–H groups in total. The first-order valence-corrected chi connectivity index (χ1v) is 7.60. The summed E-state index contributed by atoms with van der Waals surface area (Å²) in [5.74, 6) is 2.53. The van der Waals surface area contributed by atoms with Crippen LogP contribution in [0.25, 0.3) is 11.1 Å². The summed E-state index contributed by atoms with van der Waals surface area (Å²) in [4.78, 5) is 0. The smallest absolute Gasteiger partial charge is 0.175 e. The zero-order chi connectivity index (χ0) is 15.2. The van der Waals surface area contributed by atoms with Gasteiger partial charge in [-0.3, -0.25) is 0 Å². The van der Waals surface area contributed by atoms with Gasteiger partial charge in [0.2, 0.25) is 0 Å². The van der Waals surface area contributed by atoms with E-state index in [-0.39, 0.29) is 0 Å². The molecule has 4 nitrogen and oxygen atoms in total. The maximum absolute atomic E-state index is 6.05. The van der Waals surface area contributed by atoms with Gasteiger partial charge in [-0.05, 0) is 30.5 Å². The minimum absolute atomic E-state index is 0.367. The number of anilines is 1. The Morgan fingerprint density at radius 3 is 2.57 bits per heavy atom. The van der Waals surface area contributed by atoms with Crippen molar-refractivity contribution in [1.29, 1.82) is 0 Å². The van der Waals surface area contributed by atoms with Crippen molar-refractivity contribution in [2.24, 2.45) is 0 Å². The molecule has 1 heterocycles. The normalized spacial score (nSPS) is 11.0. The van der Waals surface area contributed by atoms with Crippen LogP contribution in [-0.4, -0.2) is 12.3 Å². The highest BCUT2D eigenvalue weighted by atomic mass is 16.5. The number of hydrogen-bond donors (Lipinski definition) is 1. The Hall–Kier alpha value is -1.97. The molecule has 114 valence electrons. The van der Waals surface area contributed by atoms with Crippen LogP contribution in [0, 0.1) is 0 Å². The Labute approximate surface area is 126 Å². The van der Waals surface area contributed by atoms with E-state index in [1.54, 1.807) is 7.11 Å². The van der Waals surface area contributed by atoms with E-state index in [0.29, 0.717) is 11.7 Å². The highest BCUT2D eigenvalue weighted by Gasteiger charge is 2.23. The Bertz CT molecular complexity index is 572. The Kier molecular flexibility index (Phi) is 5.26. The number of rotatable bonds is 7. The van der Waals surface area contributed by atoms with E-state index in [1.807, 2.05) is 24.3 Å². The average Bonchev–Trinajstić information content (AvgIpc) is 2.89. The maximum atomic E-state index is 6.05. The van der Waals surface area contributed by atoms with Crippen LogP contribution in [0.1, 0.15) is 51.2 Å². The van der Waals surface area contributed by atoms with Gasteiger partial charge in [0, 0.05) is 5.92 Å². The van der Waals surface area contributed by atoms with E-state index < -0.39 is 0 Å². The van der Waals surface area contributed by atoms with Crippen LogP contribution in [-0.2, 0) is 0 Å². The molecular formula is C17H24N2O2. The first-order valence-electron chi connectivity index (χ1n) is 7.60. The number of benzene rings is 1. The van der Waals surface area contributed by atoms with E-state index in [9.17, 15) is 0 Å². The molecule has 4 heteroatoms. The first kappa shape index (κ1) is 15.4. The lowest BCUT2D eigenvalue weighted by Crippen LogP contribution is -2.00. The largest absolute Gasteiger partial charge is 0.497 e. The van der Waals surface area contributed by atoms with Gasteiger partial charge in [-0.2, -0.15) is 0 Å². The van der Waals surface area contributed by atoms with Crippen molar-refractivity contribution in [1.82, 2.24) is 5.16 Å². The molecule has 2 aromatic rings. The van der Waals surface area contributed by atoms with Gasteiger partial charge in [-0.25, -0.2) is 0 Å². The van der Waals surface area contributed by atoms with E-state index in [0.717, 1.165) is 48.3 Å². The van der Waals surface area contributed by atoms with Gasteiger partial charge in [-0.1, -0.05) is 44.0 Å². The van der Waals surface area contributed by atoms with Crippen LogP contribution >= 0.6 is 0 Å². The van der Waals surface area contributed by atoms with Crippen LogP contribution in [0.15, 0.2) is 28.8 Å². The van der Waals surface area contributed by atoms with Crippen molar-refractivity contribution < 1.29 is 9.26 Å². The summed E-state index contributed by atoms with van der Waals surface area (Å²) in [6.07, 6.45) is 4.39. The molecule has 21 heavy (non-hydrogen) atoms. The van der Waals surface area contributed by atoms with Crippen molar-refractivity contribution in [3.05, 3.63) is 30.0 Å². The first-order chi connectivity index (χ1) is 10.2. The number of hydrogen-bond acceptors (Lipinski definition) is 4. The molecule has 0 aliphatic carbocycles. The van der Waals surface area contributed by atoms with E-state index in [4.69, 9.17) is 15.0 Å². The molecule has 0 aliphatic rings. The third kappa shape index (κ3) is 3.38. The lowest BCUT2D eigenvalue weighted by molar-refractivity contribution is 0.346. The van der Waals surface area contributed by atoms with Crippen LogP contribution in [0.4, 0.5) is 5.82 Å². The fraction of sp³-hybridized carbons (Fsp3) is 0.471. The number of nitrogens with two attached hydrogens (primary N) is 1. The van der Waals surface area contributed by atoms with Gasteiger partial charge in [0.25, 0.3) is 0 Å². The van der Waals surface area contributed by atoms with Gasteiger partial charge in [0.1, 0.15) is 11.5 Å². The second kappa shape index (κ2) is 7.16. The van der Waals surface area contributed by atoms with E-state index >= 15 is 0 Å². The third-order valence-electron chi connectivity index (χ3n) is 3.75. The molecule has 0 amide bonds. The molecule has 0 bridgehead atoms. The van der Waals surface area contributed by atoms with Crippen molar-refractivity contribution in [3.8, 4) is 16.9 Å². The van der Waals surface area contributed by atoms with Crippen LogP contribution in [0.5, 0.6) is 5.75 Å². The SMILES string of the molecule is CCCC(CCC)c1onc(N)c1-c1cccc(OC)c1. The zero-order valence-corrected chi connectivity index (χ0v) is 13.1. The van der Waals surface area contributed by atoms with Crippen molar-refractivity contribution in [2.75, 3.05) is 12.8 Å². The minimum Gasteiger partial charge on any atom is -0.497 e. The topological polar surface area (TPSA) is 61.3 Å². The number of methoxy groups -OCH3 is 1. The van der Waals surface area contributed by atoms with Crippen LogP contribution in [0.2, 0.25) is 0 Å². The monoisotopic (exact) mass is 288 g/mol. The van der Waals surface area contributed by atoms with Crippen molar-refractivity contribution in [3.63, 3.8) is 0 Å². The summed E-state index contributed by atoms with van der Waals surface area (Å²) in [5.41, 5.74) is 7.97. The molecule has 0 aliphatic heterocycles. The zero-order valence-electron chi connectivity index (χ0n) is 13.1. The Morgan fingerprint density at radius 2 is 1.95 bits per heavy atom. The molecule has 0 spiro atoms. The number of ether oxygens (including phenoxy) is 1. The summed E-state index contributed by atoms with van der Waals surface area (Å²) >= 11 is 0. The van der Waals surface area contributed by atoms with Gasteiger partial charge in [0.15, 0.2) is 5.82 Å². The molecule has 0 atom stereocenters. The molecule has 0 radical (unpaired) electrons. The molecule has 0 fully saturated rings. The predicted octanol–water partition coefficient (Wildman–Crippen LogP) is 4.62. The highest BCUT2D eigenvalue weighted by molar-refractivity contribution is 5.76. The fourth-order valence-corrected chi connectivity index (χ4v) is 2.77. The Balaban J connectivity index is 2.45. The van der Waals surface area contributed by atoms with Crippen molar-refractivity contribution in [2.45, 2.75) is 45.4 Å². The molecule has 0 unspecified atom stereocenters. The van der Waals surface area contributed by atoms with Crippen LogP contribution < -0.4 is 10.5 Å². The summed E-state index contributed by atoms with van der Waals surface area (Å²) in [6, 6.07) is 7.87. The molecule has 1 aromatic carbocycles. The summed E-state index contributed by atoms with van der Waals surface area (Å²) in [7, 11) is 1.66. The van der Waals surface area contributed by atoms with Gasteiger partial charge in [-0.15, -0.1) is 0 Å². The molecule has 2 rings (SSSR count). The van der Waals surface area contributed by atoms with Crippen molar-refractivity contribution >= 4 is 5.82 Å². The fourth-order valence-electron chi connectivity index (χ4n) is 2.77. The molecule has 1 aromatic heterocycles. The third-order valence-corrected chi connectivity index (χ3v) is 3.75. The van der Waals surface area contributed by atoms with Crippen LogP contribution in [0.3, 0.4) is 0 Å². The quantitative estimate of drug-likeness (QED) is 0.807. The number of aromatic nitrogens is 1. The number of nitrogen functional groups attached to an aromatic ring is 1. The standard InChI is InChI=1S/C17H24N2O2/c1-4-7-12(8-5-2)16-15(17(18)19-21-16)13-9-6-10-14(11-13)20-3/h6,9-12H,4-5,7-8H2,1-3H3,(H2,18,19). The summed E-state index contributed by atoms with van der Waals surface area (Å²) in [5, 5.41) is 4.00.